The van der Waals surface area contributed by atoms with Crippen molar-refractivity contribution >= 4 is 23.4 Å². The first-order valence-corrected chi connectivity index (χ1v) is 9.89. The fraction of sp³-hybridized carbons (Fsp3) is 0.263. The summed E-state index contributed by atoms with van der Waals surface area (Å²) in [5.74, 6) is 2.68. The summed E-state index contributed by atoms with van der Waals surface area (Å²) in [5.41, 5.74) is 1.66. The Labute approximate surface area is 166 Å². The third-order valence-electron chi connectivity index (χ3n) is 4.19. The van der Waals surface area contributed by atoms with E-state index in [0.717, 1.165) is 23.1 Å². The first-order chi connectivity index (χ1) is 13.7. The normalized spacial score (nSPS) is 12.2. The summed E-state index contributed by atoms with van der Waals surface area (Å²) in [6.07, 6.45) is 3.83. The summed E-state index contributed by atoms with van der Waals surface area (Å²) in [6, 6.07) is 9.17. The van der Waals surface area contributed by atoms with Crippen molar-refractivity contribution in [3.63, 3.8) is 0 Å². The van der Waals surface area contributed by atoms with Gasteiger partial charge in [0.1, 0.15) is 0 Å². The van der Waals surface area contributed by atoms with Gasteiger partial charge in [0.2, 0.25) is 12.7 Å². The third kappa shape index (κ3) is 3.94. The van der Waals surface area contributed by atoms with E-state index >= 15 is 0 Å². The first-order valence-electron chi connectivity index (χ1n) is 8.90. The van der Waals surface area contributed by atoms with Crippen molar-refractivity contribution < 1.29 is 14.3 Å². The van der Waals surface area contributed by atoms with Crippen LogP contribution in [0.15, 0.2) is 47.9 Å². The second-order valence-corrected chi connectivity index (χ2v) is 7.06. The van der Waals surface area contributed by atoms with Gasteiger partial charge in [-0.15, -0.1) is 10.2 Å². The fourth-order valence-corrected chi connectivity index (χ4v) is 3.77. The number of ether oxygens (including phenoxy) is 2. The van der Waals surface area contributed by atoms with Crippen LogP contribution in [0.1, 0.15) is 13.3 Å². The highest BCUT2D eigenvalue weighted by Crippen LogP contribution is 2.34. The lowest BCUT2D eigenvalue weighted by atomic mass is 10.2. The number of pyridine rings is 1. The summed E-state index contributed by atoms with van der Waals surface area (Å²) < 4.78 is 12.6. The summed E-state index contributed by atoms with van der Waals surface area (Å²) in [4.78, 5) is 16.3. The molecule has 0 atom stereocenters. The Morgan fingerprint density at radius 1 is 1.18 bits per heavy atom. The number of hydrogen-bond donors (Lipinski definition) is 1. The lowest BCUT2D eigenvalue weighted by Crippen LogP contribution is -2.12. The molecule has 0 bridgehead atoms. The van der Waals surface area contributed by atoms with Crippen LogP contribution >= 0.6 is 11.8 Å². The van der Waals surface area contributed by atoms with Gasteiger partial charge < -0.3 is 19.4 Å². The van der Waals surface area contributed by atoms with E-state index in [4.69, 9.17) is 9.47 Å². The van der Waals surface area contributed by atoms with Gasteiger partial charge >= 0.3 is 0 Å². The molecule has 0 spiro atoms. The van der Waals surface area contributed by atoms with E-state index in [1.807, 2.05) is 23.6 Å². The van der Waals surface area contributed by atoms with Crippen molar-refractivity contribution in [3.05, 3.63) is 42.7 Å². The summed E-state index contributed by atoms with van der Waals surface area (Å²) in [7, 11) is 0. The molecule has 1 aliphatic heterocycles. The summed E-state index contributed by atoms with van der Waals surface area (Å²) in [5, 5.41) is 12.2. The molecule has 0 saturated carbocycles. The number of amides is 1. The Morgan fingerprint density at radius 2 is 2.00 bits per heavy atom. The predicted molar refractivity (Wildman–Crippen MR) is 105 cm³/mol. The van der Waals surface area contributed by atoms with Crippen LogP contribution in [0.3, 0.4) is 0 Å². The quantitative estimate of drug-likeness (QED) is 0.612. The van der Waals surface area contributed by atoms with Crippen molar-refractivity contribution in [1.29, 1.82) is 0 Å². The number of carbonyl (C=O) groups is 1. The molecule has 2 aromatic heterocycles. The number of nitrogens with one attached hydrogen (secondary N) is 1. The summed E-state index contributed by atoms with van der Waals surface area (Å²) >= 11 is 1.51. The maximum Gasteiger partial charge on any atom is 0.231 e. The minimum Gasteiger partial charge on any atom is -0.454 e. The molecule has 8 nitrogen and oxygen atoms in total. The van der Waals surface area contributed by atoms with Gasteiger partial charge in [0.15, 0.2) is 22.5 Å². The van der Waals surface area contributed by atoms with Crippen LogP contribution in [-0.2, 0) is 11.3 Å². The third-order valence-corrected chi connectivity index (χ3v) is 5.16. The van der Waals surface area contributed by atoms with Gasteiger partial charge in [-0.05, 0) is 31.2 Å². The maximum absolute atomic E-state index is 12.2. The Bertz CT molecular complexity index is 977. The number of anilines is 1. The van der Waals surface area contributed by atoms with Gasteiger partial charge in [-0.1, -0.05) is 11.8 Å². The SMILES string of the molecule is CCn1c(SCCC(=O)Nc2ccc3c(c2)OCO3)nnc1-c1ccncc1. The second-order valence-electron chi connectivity index (χ2n) is 6.00. The second kappa shape index (κ2) is 8.30. The standard InChI is InChI=1S/C19H19N5O3S/c1-2-24-18(13-5-8-20-9-6-13)22-23-19(24)28-10-7-17(25)21-14-3-4-15-16(11-14)27-12-26-15/h3-6,8-9,11H,2,7,10,12H2,1H3,(H,21,25). The molecule has 3 aromatic rings. The van der Waals surface area contributed by atoms with E-state index in [2.05, 4.69) is 20.5 Å². The van der Waals surface area contributed by atoms with Crippen LogP contribution in [0.25, 0.3) is 11.4 Å². The zero-order valence-electron chi connectivity index (χ0n) is 15.3. The molecular weight excluding hydrogens is 378 g/mol. The number of carbonyl (C=O) groups excluding carboxylic acids is 1. The van der Waals surface area contributed by atoms with Crippen LogP contribution in [0.2, 0.25) is 0 Å². The van der Waals surface area contributed by atoms with Crippen LogP contribution in [0.5, 0.6) is 11.5 Å². The van der Waals surface area contributed by atoms with E-state index < -0.39 is 0 Å². The highest BCUT2D eigenvalue weighted by atomic mass is 32.2. The van der Waals surface area contributed by atoms with E-state index in [0.29, 0.717) is 29.4 Å². The number of aromatic nitrogens is 4. The van der Waals surface area contributed by atoms with Crippen molar-refractivity contribution in [2.75, 3.05) is 17.9 Å². The molecule has 0 aliphatic carbocycles. The smallest absolute Gasteiger partial charge is 0.231 e. The molecule has 0 unspecified atom stereocenters. The Balaban J connectivity index is 1.34. The minimum atomic E-state index is -0.0664. The van der Waals surface area contributed by atoms with Crippen molar-refractivity contribution in [2.24, 2.45) is 0 Å². The maximum atomic E-state index is 12.2. The predicted octanol–water partition coefficient (Wildman–Crippen LogP) is 3.21. The molecule has 0 fully saturated rings. The van der Waals surface area contributed by atoms with E-state index in [1.54, 1.807) is 30.6 Å². The molecule has 144 valence electrons. The molecule has 1 aromatic carbocycles. The van der Waals surface area contributed by atoms with E-state index in [1.165, 1.54) is 11.8 Å². The number of thioether (sulfide) groups is 1. The number of nitrogens with zero attached hydrogens (tertiary/aromatic N) is 4. The molecule has 1 aliphatic rings. The monoisotopic (exact) mass is 397 g/mol. The van der Waals surface area contributed by atoms with Gasteiger partial charge in [0.25, 0.3) is 0 Å². The largest absolute Gasteiger partial charge is 0.454 e. The lowest BCUT2D eigenvalue weighted by molar-refractivity contribution is -0.115. The van der Waals surface area contributed by atoms with E-state index in [9.17, 15) is 4.79 Å². The average Bonchev–Trinajstić information content (AvgIpc) is 3.34. The molecule has 9 heteroatoms. The highest BCUT2D eigenvalue weighted by Gasteiger charge is 2.15. The van der Waals surface area contributed by atoms with Gasteiger partial charge in [-0.2, -0.15) is 0 Å². The topological polar surface area (TPSA) is 91.2 Å². The Kier molecular flexibility index (Phi) is 5.43. The molecule has 28 heavy (non-hydrogen) atoms. The molecule has 3 heterocycles. The lowest BCUT2D eigenvalue weighted by Gasteiger charge is -2.08. The molecule has 0 radical (unpaired) electrons. The van der Waals surface area contributed by atoms with Crippen LogP contribution in [0, 0.1) is 0 Å². The molecule has 4 rings (SSSR count). The Hall–Kier alpha value is -3.07. The highest BCUT2D eigenvalue weighted by molar-refractivity contribution is 7.99. The van der Waals surface area contributed by atoms with Gasteiger partial charge in [-0.3, -0.25) is 9.78 Å². The fourth-order valence-electron chi connectivity index (χ4n) is 2.83. The zero-order chi connectivity index (χ0) is 19.3. The number of rotatable bonds is 7. The molecule has 0 saturated heterocycles. The van der Waals surface area contributed by atoms with Gasteiger partial charge in [0.05, 0.1) is 0 Å². The van der Waals surface area contributed by atoms with Crippen LogP contribution in [0.4, 0.5) is 5.69 Å². The molecule has 1 amide bonds. The number of hydrogen-bond acceptors (Lipinski definition) is 7. The average molecular weight is 397 g/mol. The van der Waals surface area contributed by atoms with Crippen molar-refractivity contribution in [2.45, 2.75) is 25.0 Å². The first kappa shape index (κ1) is 18.3. The zero-order valence-corrected chi connectivity index (χ0v) is 16.1. The Morgan fingerprint density at radius 3 is 2.82 bits per heavy atom. The summed E-state index contributed by atoms with van der Waals surface area (Å²) in [6.45, 7) is 3.00. The van der Waals surface area contributed by atoms with E-state index in [-0.39, 0.29) is 12.7 Å². The molecular formula is C19H19N5O3S. The number of fused-ring (bicyclic) bond motifs is 1. The molecule has 1 N–H and O–H groups in total. The minimum absolute atomic E-state index is 0.0664. The van der Waals surface area contributed by atoms with Gasteiger partial charge in [0, 0.05) is 48.4 Å². The van der Waals surface area contributed by atoms with Crippen LogP contribution in [-0.4, -0.2) is 38.2 Å². The number of benzene rings is 1. The van der Waals surface area contributed by atoms with Crippen molar-refractivity contribution in [1.82, 2.24) is 19.7 Å². The van der Waals surface area contributed by atoms with Crippen molar-refractivity contribution in [3.8, 4) is 22.9 Å². The van der Waals surface area contributed by atoms with Gasteiger partial charge in [-0.25, -0.2) is 0 Å². The van der Waals surface area contributed by atoms with Crippen LogP contribution < -0.4 is 14.8 Å².